The van der Waals surface area contributed by atoms with Gasteiger partial charge >= 0.3 is 17.6 Å². The summed E-state index contributed by atoms with van der Waals surface area (Å²) in [7, 11) is 0. The van der Waals surface area contributed by atoms with Crippen molar-refractivity contribution in [3.8, 4) is 17.2 Å². The van der Waals surface area contributed by atoms with Crippen molar-refractivity contribution >= 4 is 57.7 Å². The van der Waals surface area contributed by atoms with Crippen LogP contribution in [-0.4, -0.2) is 112 Å². The number of Topliss-reactive ketones (excluding diaryl/α,β-unsaturated/α-hetero) is 1. The number of hydrogen-bond donors (Lipinski definition) is 8. The van der Waals surface area contributed by atoms with Crippen LogP contribution in [0.25, 0.3) is 11.0 Å². The van der Waals surface area contributed by atoms with Crippen molar-refractivity contribution in [3.63, 3.8) is 0 Å². The fourth-order valence-corrected chi connectivity index (χ4v) is 9.99. The topological polar surface area (TPSA) is 309 Å². The average molecular weight is 932 g/mol. The second kappa shape index (κ2) is 16.5. The Balaban J connectivity index is 0.943. The SMILES string of the molecule is CC(=O)O[C@@H]1[C@@H](C)O[C@@H](c2ccc3c(c2O)C(O)C24OC2(C3=O)C2(O)C(=O)C=C(C)CC2(O)CC4O)C[C@H]1OC(=O)C=CC=CC=CC=CC(=O)Nc1c(O)c2ccc(O)c(Cl)c2oc1=O. The number of carbonyl (C=O) groups is 5. The highest BCUT2D eigenvalue weighted by Crippen LogP contribution is 2.74. The number of rotatable bonds is 9. The monoisotopic (exact) mass is 931 g/mol. The van der Waals surface area contributed by atoms with Crippen LogP contribution in [0.5, 0.6) is 17.2 Å². The number of esters is 2. The number of fused-ring (bicyclic) bond motifs is 3. The molecule has 0 bridgehead atoms. The van der Waals surface area contributed by atoms with Gasteiger partial charge in [-0.05, 0) is 32.1 Å². The van der Waals surface area contributed by atoms with E-state index in [9.17, 15) is 64.5 Å². The minimum atomic E-state index is -2.88. The number of benzene rings is 2. The third kappa shape index (κ3) is 6.88. The van der Waals surface area contributed by atoms with Gasteiger partial charge in [0.1, 0.15) is 34.3 Å². The quantitative estimate of drug-likeness (QED) is 0.0503. The van der Waals surface area contributed by atoms with E-state index < -0.39 is 118 Å². The molecule has 6 unspecified atom stereocenters. The maximum atomic E-state index is 14.4. The molecule has 0 radical (unpaired) electrons. The first-order valence-electron chi connectivity index (χ1n) is 20.5. The molecule has 2 aromatic carbocycles. The molecule has 3 aliphatic carbocycles. The Morgan fingerprint density at radius 2 is 1.61 bits per heavy atom. The number of epoxide rings is 1. The Bertz CT molecular complexity index is 2840. The number of allylic oxidation sites excluding steroid dienone is 6. The van der Waals surface area contributed by atoms with Crippen LogP contribution < -0.4 is 10.9 Å². The zero-order valence-corrected chi connectivity index (χ0v) is 35.8. The smallest absolute Gasteiger partial charge is 0.364 e. The molecule has 0 spiro atoms. The van der Waals surface area contributed by atoms with E-state index in [1.165, 1.54) is 67.6 Å². The molecule has 3 fully saturated rings. The summed E-state index contributed by atoms with van der Waals surface area (Å²) in [5.74, 6) is -6.08. The Labute approximate surface area is 378 Å². The molecule has 20 heteroatoms. The predicted molar refractivity (Wildman–Crippen MR) is 227 cm³/mol. The van der Waals surface area contributed by atoms with Gasteiger partial charge in [0.05, 0.1) is 23.7 Å². The molecular weight excluding hydrogens is 890 g/mol. The summed E-state index contributed by atoms with van der Waals surface area (Å²) in [5.41, 5.74) is -12.3. The minimum absolute atomic E-state index is 0.00805. The Morgan fingerprint density at radius 1 is 0.924 bits per heavy atom. The number of halogens is 1. The van der Waals surface area contributed by atoms with Crippen LogP contribution in [0.15, 0.2) is 93.7 Å². The number of aliphatic hydroxyl groups excluding tert-OH is 2. The summed E-state index contributed by atoms with van der Waals surface area (Å²) in [6.45, 7) is 4.23. The second-order valence-electron chi connectivity index (χ2n) is 16.7. The Morgan fingerprint density at radius 3 is 2.30 bits per heavy atom. The van der Waals surface area contributed by atoms with Crippen molar-refractivity contribution in [3.05, 3.63) is 117 Å². The number of nitrogens with one attached hydrogen (secondary N) is 1. The molecule has 19 nitrogen and oxygen atoms in total. The van der Waals surface area contributed by atoms with E-state index in [0.717, 1.165) is 25.2 Å². The zero-order chi connectivity index (χ0) is 47.8. The predicted octanol–water partition coefficient (Wildman–Crippen LogP) is 3.00. The first-order chi connectivity index (χ1) is 31.1. The summed E-state index contributed by atoms with van der Waals surface area (Å²) in [4.78, 5) is 77.7. The van der Waals surface area contributed by atoms with Gasteiger partial charge in [-0.3, -0.25) is 19.2 Å². The van der Waals surface area contributed by atoms with Crippen molar-refractivity contribution < 1.29 is 83.1 Å². The molecule has 1 saturated carbocycles. The van der Waals surface area contributed by atoms with Crippen LogP contribution >= 0.6 is 11.6 Å². The number of ketones is 2. The zero-order valence-electron chi connectivity index (χ0n) is 35.1. The summed E-state index contributed by atoms with van der Waals surface area (Å²) in [6, 6.07) is 4.95. The van der Waals surface area contributed by atoms with E-state index in [-0.39, 0.29) is 51.3 Å². The van der Waals surface area contributed by atoms with Gasteiger partial charge in [0, 0.05) is 55.0 Å². The number of ether oxygens (including phenoxy) is 4. The molecular formula is C46H42ClNO18. The van der Waals surface area contributed by atoms with Crippen molar-refractivity contribution in [1.29, 1.82) is 0 Å². The summed E-state index contributed by atoms with van der Waals surface area (Å²) >= 11 is 5.94. The number of phenolic OH excluding ortho intramolecular Hbond substituents is 2. The van der Waals surface area contributed by atoms with E-state index in [0.29, 0.717) is 5.57 Å². The van der Waals surface area contributed by atoms with E-state index in [1.54, 1.807) is 6.92 Å². The lowest BCUT2D eigenvalue weighted by molar-refractivity contribution is -0.210. The van der Waals surface area contributed by atoms with Crippen LogP contribution in [0, 0.1) is 0 Å². The fourth-order valence-electron chi connectivity index (χ4n) is 9.78. The van der Waals surface area contributed by atoms with Crippen molar-refractivity contribution in [2.75, 3.05) is 5.32 Å². The number of anilines is 1. The Hall–Kier alpha value is -6.45. The number of aliphatic hydroxyl groups is 4. The largest absolute Gasteiger partial charge is 0.507 e. The number of aromatic hydroxyl groups is 3. The van der Waals surface area contributed by atoms with E-state index >= 15 is 0 Å². The lowest BCUT2D eigenvalue weighted by Crippen LogP contribution is -2.78. The standard InChI is InChI=1S/C46H42ClNO18/c1-20-16-29(51)45(61)43(60,18-20)19-30(52)44-41(58)33-24(40(57)46(44,45)66-44)13-12-23(36(33)55)27-17-28(38(21(2)62-27)63-22(3)49)64-32(54)11-9-7-5-4-6-8-10-31(53)48-35-37(56)25-14-15-26(50)34(47)39(25)65-42(35)59/h4-16,21,27-28,30,38,41,50,52,55-56,58,60-61H,17-19H2,1-3H3,(H,48,53)/t21-,27-,28-,30?,38-,41?,43?,44?,45?,46?/m1/s1. The molecule has 8 N–H and O–H groups in total. The van der Waals surface area contributed by atoms with Crippen LogP contribution in [0.3, 0.4) is 0 Å². The van der Waals surface area contributed by atoms with Gasteiger partial charge < -0.3 is 64.4 Å². The minimum Gasteiger partial charge on any atom is -0.507 e. The normalized spacial score (nSPS) is 32.5. The van der Waals surface area contributed by atoms with Gasteiger partial charge in [-0.2, -0.15) is 0 Å². The average Bonchev–Trinajstić information content (AvgIpc) is 3.98. The molecule has 66 heavy (non-hydrogen) atoms. The molecule has 8 rings (SSSR count). The molecule has 1 aromatic heterocycles. The van der Waals surface area contributed by atoms with Crippen LogP contribution in [0.4, 0.5) is 5.69 Å². The highest BCUT2D eigenvalue weighted by Gasteiger charge is 2.96. The van der Waals surface area contributed by atoms with Crippen LogP contribution in [0.1, 0.15) is 73.7 Å². The maximum Gasteiger partial charge on any atom is 0.364 e. The lowest BCUT2D eigenvalue weighted by Gasteiger charge is -2.54. The van der Waals surface area contributed by atoms with Crippen LogP contribution in [-0.2, 0) is 38.1 Å². The van der Waals surface area contributed by atoms with Gasteiger partial charge in [-0.15, -0.1) is 0 Å². The molecule has 2 aliphatic heterocycles. The third-order valence-electron chi connectivity index (χ3n) is 12.7. The van der Waals surface area contributed by atoms with Gasteiger partial charge in [0.2, 0.25) is 17.3 Å². The summed E-state index contributed by atoms with van der Waals surface area (Å²) < 4.78 is 28.2. The molecule has 5 aliphatic rings. The highest BCUT2D eigenvalue weighted by molar-refractivity contribution is 6.36. The molecule has 346 valence electrons. The van der Waals surface area contributed by atoms with E-state index in [1.807, 2.05) is 0 Å². The van der Waals surface area contributed by atoms with E-state index in [4.69, 9.17) is 35.0 Å². The summed E-state index contributed by atoms with van der Waals surface area (Å²) in [5, 5.41) is 80.8. The van der Waals surface area contributed by atoms with E-state index in [2.05, 4.69) is 5.32 Å². The molecule has 3 heterocycles. The lowest BCUT2D eigenvalue weighted by atomic mass is 9.50. The van der Waals surface area contributed by atoms with Gasteiger partial charge in [0.25, 0.3) is 0 Å². The second-order valence-corrected chi connectivity index (χ2v) is 17.1. The highest BCUT2D eigenvalue weighted by atomic mass is 35.5. The van der Waals surface area contributed by atoms with Gasteiger partial charge in [-0.25, -0.2) is 9.59 Å². The molecule has 3 aromatic rings. The number of carbonyl (C=O) groups excluding carboxylic acids is 5. The number of hydrogen-bond acceptors (Lipinski definition) is 18. The third-order valence-corrected chi connectivity index (χ3v) is 13.0. The van der Waals surface area contributed by atoms with Gasteiger partial charge in [-0.1, -0.05) is 65.8 Å². The first-order valence-corrected chi connectivity index (χ1v) is 20.8. The number of phenols is 2. The van der Waals surface area contributed by atoms with Crippen molar-refractivity contribution in [2.24, 2.45) is 0 Å². The first kappa shape index (κ1) is 46.1. The number of amides is 1. The van der Waals surface area contributed by atoms with Crippen LogP contribution in [0.2, 0.25) is 5.02 Å². The van der Waals surface area contributed by atoms with Crippen molar-refractivity contribution in [2.45, 2.75) is 99.1 Å². The summed E-state index contributed by atoms with van der Waals surface area (Å²) in [6.07, 6.45) is 2.51. The fraction of sp³-hybridized carbons (Fsp3) is 0.348. The molecule has 10 atom stereocenters. The van der Waals surface area contributed by atoms with Crippen molar-refractivity contribution in [1.82, 2.24) is 0 Å². The molecule has 2 saturated heterocycles. The van der Waals surface area contributed by atoms with Gasteiger partial charge in [0.15, 0.2) is 40.1 Å². The molecule has 1 amide bonds. The maximum absolute atomic E-state index is 14.4. The Kier molecular flexibility index (Phi) is 11.5.